The first-order valence-corrected chi connectivity index (χ1v) is 8.92. The van der Waals surface area contributed by atoms with Crippen LogP contribution in [0.5, 0.6) is 0 Å². The van der Waals surface area contributed by atoms with Gasteiger partial charge in [-0.15, -0.1) is 11.3 Å². The molecule has 3 rings (SSSR count). The molecule has 0 fully saturated rings. The van der Waals surface area contributed by atoms with E-state index in [-0.39, 0.29) is 36.9 Å². The van der Waals surface area contributed by atoms with Gasteiger partial charge in [0.1, 0.15) is 5.70 Å². The van der Waals surface area contributed by atoms with Crippen LogP contribution in [-0.4, -0.2) is 53.7 Å². The smallest absolute Gasteiger partial charge is 0.337 e. The number of hydrogen-bond donors (Lipinski definition) is 2. The Morgan fingerprint density at radius 3 is 2.69 bits per heavy atom. The standard InChI is InChI=1S/C18H19N3O4S/c1-11-19-15(10-26-11)12-3-5-13(6-4-12)20-16-14(18(24)25-2)9-21(7-8-22)17(16)23/h3-6,10,20,22H,7-9H2,1-2H3. The zero-order chi connectivity index (χ0) is 18.7. The Morgan fingerprint density at radius 1 is 1.38 bits per heavy atom. The molecule has 2 N–H and O–H groups in total. The fraction of sp³-hybridized carbons (Fsp3) is 0.278. The fourth-order valence-corrected chi connectivity index (χ4v) is 3.34. The maximum absolute atomic E-state index is 12.5. The van der Waals surface area contributed by atoms with Crippen LogP contribution in [0, 0.1) is 6.92 Å². The van der Waals surface area contributed by atoms with E-state index in [9.17, 15) is 9.59 Å². The Balaban J connectivity index is 1.83. The van der Waals surface area contributed by atoms with E-state index in [2.05, 4.69) is 10.3 Å². The maximum Gasteiger partial charge on any atom is 0.337 e. The molecule has 1 aromatic carbocycles. The highest BCUT2D eigenvalue weighted by molar-refractivity contribution is 7.09. The van der Waals surface area contributed by atoms with Crippen molar-refractivity contribution in [1.29, 1.82) is 0 Å². The third kappa shape index (κ3) is 3.61. The minimum absolute atomic E-state index is 0.116. The first kappa shape index (κ1) is 18.1. The van der Waals surface area contributed by atoms with E-state index in [0.717, 1.165) is 16.3 Å². The number of amides is 1. The zero-order valence-corrected chi connectivity index (χ0v) is 15.3. The van der Waals surface area contributed by atoms with Crippen LogP contribution in [0.3, 0.4) is 0 Å². The number of ether oxygens (including phenoxy) is 1. The summed E-state index contributed by atoms with van der Waals surface area (Å²) in [5.41, 5.74) is 2.99. The summed E-state index contributed by atoms with van der Waals surface area (Å²) in [5.74, 6) is -0.894. The molecule has 0 saturated carbocycles. The monoisotopic (exact) mass is 373 g/mol. The number of nitrogens with one attached hydrogen (secondary N) is 1. The van der Waals surface area contributed by atoms with Gasteiger partial charge in [0.15, 0.2) is 0 Å². The van der Waals surface area contributed by atoms with Crippen molar-refractivity contribution in [3.63, 3.8) is 0 Å². The van der Waals surface area contributed by atoms with Crippen molar-refractivity contribution in [2.75, 3.05) is 32.1 Å². The molecule has 1 aliphatic heterocycles. The van der Waals surface area contributed by atoms with Crippen molar-refractivity contribution in [1.82, 2.24) is 9.88 Å². The Hall–Kier alpha value is -2.71. The van der Waals surface area contributed by atoms with Gasteiger partial charge in [-0.2, -0.15) is 0 Å². The highest BCUT2D eigenvalue weighted by Gasteiger charge is 2.34. The lowest BCUT2D eigenvalue weighted by atomic mass is 10.1. The molecule has 0 bridgehead atoms. The minimum Gasteiger partial charge on any atom is -0.466 e. The fourth-order valence-electron chi connectivity index (χ4n) is 2.71. The quantitative estimate of drug-likeness (QED) is 0.750. The van der Waals surface area contributed by atoms with Crippen molar-refractivity contribution in [2.45, 2.75) is 6.92 Å². The van der Waals surface area contributed by atoms with Crippen molar-refractivity contribution in [2.24, 2.45) is 0 Å². The number of methoxy groups -OCH3 is 1. The molecular weight excluding hydrogens is 354 g/mol. The Morgan fingerprint density at radius 2 is 2.12 bits per heavy atom. The van der Waals surface area contributed by atoms with Crippen LogP contribution < -0.4 is 5.32 Å². The third-order valence-corrected chi connectivity index (χ3v) is 4.80. The van der Waals surface area contributed by atoms with Crippen LogP contribution in [0.2, 0.25) is 0 Å². The highest BCUT2D eigenvalue weighted by atomic mass is 32.1. The minimum atomic E-state index is -0.559. The lowest BCUT2D eigenvalue weighted by molar-refractivity contribution is -0.136. The number of rotatable bonds is 6. The van der Waals surface area contributed by atoms with Gasteiger partial charge < -0.3 is 20.1 Å². The first-order valence-electron chi connectivity index (χ1n) is 8.04. The number of carbonyl (C=O) groups is 2. The SMILES string of the molecule is COC(=O)C1=C(Nc2ccc(-c3csc(C)n3)cc2)C(=O)N(CCO)C1. The average Bonchev–Trinajstić information content (AvgIpc) is 3.21. The van der Waals surface area contributed by atoms with E-state index in [1.807, 2.05) is 36.6 Å². The highest BCUT2D eigenvalue weighted by Crippen LogP contribution is 2.26. The molecule has 2 heterocycles. The summed E-state index contributed by atoms with van der Waals surface area (Å²) in [6.45, 7) is 2.06. The van der Waals surface area contributed by atoms with E-state index in [1.54, 1.807) is 11.3 Å². The second-order valence-corrected chi connectivity index (χ2v) is 6.81. The molecule has 0 atom stereocenters. The van der Waals surface area contributed by atoms with E-state index in [0.29, 0.717) is 5.69 Å². The molecule has 1 aliphatic rings. The number of aliphatic hydroxyl groups excluding tert-OH is 1. The first-order chi connectivity index (χ1) is 12.5. The van der Waals surface area contributed by atoms with E-state index >= 15 is 0 Å². The van der Waals surface area contributed by atoms with E-state index < -0.39 is 5.97 Å². The van der Waals surface area contributed by atoms with Crippen LogP contribution in [-0.2, 0) is 14.3 Å². The van der Waals surface area contributed by atoms with Gasteiger partial charge in [0.25, 0.3) is 5.91 Å². The van der Waals surface area contributed by atoms with Crippen molar-refractivity contribution in [3.05, 3.63) is 45.9 Å². The number of β-amino-alcohol motifs (C(OH)–C–C–N with tert-alkyl or cyclic N) is 1. The predicted octanol–water partition coefficient (Wildman–Crippen LogP) is 1.79. The molecule has 2 aromatic rings. The number of benzene rings is 1. The number of carbonyl (C=O) groups excluding carboxylic acids is 2. The molecule has 1 aromatic heterocycles. The van der Waals surface area contributed by atoms with Gasteiger partial charge in [-0.25, -0.2) is 9.78 Å². The third-order valence-electron chi connectivity index (χ3n) is 4.02. The largest absolute Gasteiger partial charge is 0.466 e. The molecule has 0 aliphatic carbocycles. The van der Waals surface area contributed by atoms with Crippen molar-refractivity contribution < 1.29 is 19.4 Å². The summed E-state index contributed by atoms with van der Waals surface area (Å²) in [4.78, 5) is 30.3. The number of aryl methyl sites for hydroxylation is 1. The average molecular weight is 373 g/mol. The molecule has 0 saturated heterocycles. The topological polar surface area (TPSA) is 91.8 Å². The van der Waals surface area contributed by atoms with Crippen molar-refractivity contribution in [3.8, 4) is 11.3 Å². The van der Waals surface area contributed by atoms with Gasteiger partial charge in [-0.1, -0.05) is 12.1 Å². The molecule has 1 amide bonds. The van der Waals surface area contributed by atoms with Gasteiger partial charge in [0, 0.05) is 23.2 Å². The molecule has 8 heteroatoms. The van der Waals surface area contributed by atoms with Gasteiger partial charge >= 0.3 is 5.97 Å². The summed E-state index contributed by atoms with van der Waals surface area (Å²) in [6, 6.07) is 7.46. The second-order valence-electron chi connectivity index (χ2n) is 5.75. The number of hydrogen-bond acceptors (Lipinski definition) is 7. The number of esters is 1. The molecule has 0 spiro atoms. The molecule has 7 nitrogen and oxygen atoms in total. The van der Waals surface area contributed by atoms with Gasteiger partial charge in [-0.05, 0) is 19.1 Å². The summed E-state index contributed by atoms with van der Waals surface area (Å²) in [5, 5.41) is 15.1. The molecule has 26 heavy (non-hydrogen) atoms. The van der Waals surface area contributed by atoms with Crippen LogP contribution in [0.1, 0.15) is 5.01 Å². The van der Waals surface area contributed by atoms with Crippen molar-refractivity contribution >= 4 is 28.9 Å². The number of aliphatic hydroxyl groups is 1. The van der Waals surface area contributed by atoms with Crippen LogP contribution in [0.4, 0.5) is 5.69 Å². The van der Waals surface area contributed by atoms with Crippen LogP contribution in [0.15, 0.2) is 40.9 Å². The predicted molar refractivity (Wildman–Crippen MR) is 98.6 cm³/mol. The normalized spacial score (nSPS) is 14.1. The lowest BCUT2D eigenvalue weighted by Crippen LogP contribution is -2.31. The van der Waals surface area contributed by atoms with Crippen LogP contribution >= 0.6 is 11.3 Å². The van der Waals surface area contributed by atoms with Gasteiger partial charge in [0.05, 0.1) is 36.5 Å². The summed E-state index contributed by atoms with van der Waals surface area (Å²) < 4.78 is 4.77. The van der Waals surface area contributed by atoms with Gasteiger partial charge in [0.2, 0.25) is 0 Å². The van der Waals surface area contributed by atoms with E-state index in [4.69, 9.17) is 9.84 Å². The summed E-state index contributed by atoms with van der Waals surface area (Å²) in [6.07, 6.45) is 0. The number of anilines is 1. The molecule has 136 valence electrons. The number of thiazole rings is 1. The van der Waals surface area contributed by atoms with Gasteiger partial charge in [-0.3, -0.25) is 4.79 Å². The van der Waals surface area contributed by atoms with Crippen LogP contribution in [0.25, 0.3) is 11.3 Å². The van der Waals surface area contributed by atoms with E-state index in [1.165, 1.54) is 12.0 Å². The molecule has 0 unspecified atom stereocenters. The Bertz CT molecular complexity index is 858. The zero-order valence-electron chi connectivity index (χ0n) is 14.5. The number of aromatic nitrogens is 1. The Labute approximate surface area is 154 Å². The maximum atomic E-state index is 12.5. The number of nitrogens with zero attached hydrogens (tertiary/aromatic N) is 2. The lowest BCUT2D eigenvalue weighted by Gasteiger charge is -2.15. The molecular formula is C18H19N3O4S. The second kappa shape index (κ2) is 7.67. The molecule has 0 radical (unpaired) electrons. The summed E-state index contributed by atoms with van der Waals surface area (Å²) >= 11 is 1.58. The summed E-state index contributed by atoms with van der Waals surface area (Å²) in [7, 11) is 1.27. The Kier molecular flexibility index (Phi) is 5.34.